The molecule has 16 heteroatoms. The van der Waals surface area contributed by atoms with Crippen molar-refractivity contribution < 1.29 is 48.8 Å². The van der Waals surface area contributed by atoms with E-state index in [1.807, 2.05) is 28.8 Å². The van der Waals surface area contributed by atoms with Gasteiger partial charge in [-0.2, -0.15) is 0 Å². The summed E-state index contributed by atoms with van der Waals surface area (Å²) in [4.78, 5) is 66.9. The molecule has 3 amide bonds. The molecule has 7 aliphatic rings. The van der Waals surface area contributed by atoms with Crippen LogP contribution in [0.4, 0.5) is 5.69 Å². The molecule has 12 rings (SSSR count). The third-order valence-electron chi connectivity index (χ3n) is 16.0. The molecule has 1 aromatic heterocycles. The van der Waals surface area contributed by atoms with Gasteiger partial charge in [-0.1, -0.05) is 36.8 Å². The average molecular weight is 972 g/mol. The molecule has 7 N–H and O–H groups in total. The highest BCUT2D eigenvalue weighted by molar-refractivity contribution is 6.08. The lowest BCUT2D eigenvalue weighted by Crippen LogP contribution is -2.74. The number of benzene rings is 5. The number of phenolic OH excluding ortho intramolecular Hbond substituents is 2. The Bertz CT molecular complexity index is 3450. The second-order valence-electron chi connectivity index (χ2n) is 20.3. The third kappa shape index (κ3) is 7.37. The van der Waals surface area contributed by atoms with E-state index in [2.05, 4.69) is 26.9 Å². The van der Waals surface area contributed by atoms with Gasteiger partial charge in [0.2, 0.25) is 17.7 Å². The van der Waals surface area contributed by atoms with E-state index >= 15 is 0 Å². The first kappa shape index (κ1) is 45.4. The van der Waals surface area contributed by atoms with Crippen LogP contribution in [0, 0.1) is 5.92 Å². The topological polar surface area (TPSA) is 233 Å². The van der Waals surface area contributed by atoms with Crippen molar-refractivity contribution in [3.8, 4) is 39.7 Å². The van der Waals surface area contributed by atoms with E-state index in [1.54, 1.807) is 30.3 Å². The van der Waals surface area contributed by atoms with Crippen molar-refractivity contribution >= 4 is 51.3 Å². The van der Waals surface area contributed by atoms with Gasteiger partial charge in [0.15, 0.2) is 23.0 Å². The van der Waals surface area contributed by atoms with Gasteiger partial charge in [0.05, 0.1) is 28.8 Å². The minimum absolute atomic E-state index is 0.0389. The molecule has 72 heavy (non-hydrogen) atoms. The second kappa shape index (κ2) is 17.3. The van der Waals surface area contributed by atoms with E-state index < -0.39 is 29.0 Å². The quantitative estimate of drug-likeness (QED) is 0.0417. The molecule has 5 aromatic rings. The number of likely N-dealkylation sites (tertiary alicyclic amines) is 1. The summed E-state index contributed by atoms with van der Waals surface area (Å²) in [6.07, 6.45) is 5.57. The van der Waals surface area contributed by atoms with E-state index in [9.17, 15) is 44.4 Å². The highest BCUT2D eigenvalue weighted by Crippen LogP contribution is 2.69. The third-order valence-corrected chi connectivity index (χ3v) is 16.0. The van der Waals surface area contributed by atoms with Crippen LogP contribution in [0.25, 0.3) is 44.3 Å². The number of fused-ring (bicyclic) bond motifs is 6. The zero-order chi connectivity index (χ0) is 49.6. The van der Waals surface area contributed by atoms with Crippen LogP contribution < -0.4 is 26.1 Å². The van der Waals surface area contributed by atoms with Crippen LogP contribution in [-0.4, -0.2) is 91.4 Å². The zero-order valence-corrected chi connectivity index (χ0v) is 39.3. The number of aliphatic hydroxyl groups is 1. The van der Waals surface area contributed by atoms with Gasteiger partial charge in [-0.25, -0.2) is 4.79 Å². The maximum Gasteiger partial charge on any atom is 0.336 e. The van der Waals surface area contributed by atoms with Gasteiger partial charge in [0.1, 0.15) is 23.6 Å². The number of para-hydroxylation sites is 1. The average Bonchev–Trinajstić information content (AvgIpc) is 4.04. The minimum atomic E-state index is -1.26. The smallest absolute Gasteiger partial charge is 0.336 e. The van der Waals surface area contributed by atoms with Crippen molar-refractivity contribution in [2.75, 3.05) is 31.5 Å². The van der Waals surface area contributed by atoms with E-state index in [1.165, 1.54) is 43.2 Å². The molecule has 0 radical (unpaired) electrons. The van der Waals surface area contributed by atoms with Gasteiger partial charge >= 0.3 is 5.97 Å². The standard InChI is InChI=1S/C56H53N5O11/c62-33-13-16-37-43(24-33)71-44-25-34(63)14-17-38(44)49(37)36-15-12-32(23-39(36)54(68)69)59-47(66)27-58-46(65)8-2-1-5-20-57-48(67)29-61-41-7-4-3-6-35(41)40-26-56(70)45-22-31-11-18-42(64)52-50(31)55(56,53(72-52)51(40)61)19-21-60(45)28-30-9-10-30/h3-4,6-7,11-18,23-25,30,45,53,62,64,70H,1-2,5,8-10,19-22,26-29H2,(H,57,67)(H,58,65)(H,59,66)(H,68,69)/t45?,53?,55?,56-/m1/s1. The number of hydrogen-bond acceptors (Lipinski definition) is 11. The maximum absolute atomic E-state index is 13.8. The number of aromatic nitrogens is 1. The fraction of sp³-hybridized carbons (Fsp3) is 0.339. The maximum atomic E-state index is 13.8. The van der Waals surface area contributed by atoms with Crippen molar-refractivity contribution in [2.45, 2.75) is 87.5 Å². The molecule has 368 valence electrons. The molecular weight excluding hydrogens is 919 g/mol. The predicted molar refractivity (Wildman–Crippen MR) is 266 cm³/mol. The number of rotatable bonds is 15. The number of hydrogen-bond donors (Lipinski definition) is 7. The lowest BCUT2D eigenvalue weighted by molar-refractivity contribution is -0.173. The number of nitrogens with one attached hydrogen (secondary N) is 3. The molecule has 4 aliphatic carbocycles. The Morgan fingerprint density at radius 3 is 2.50 bits per heavy atom. The number of ether oxygens (including phenoxy) is 1. The number of carbonyl (C=O) groups excluding carboxylic acids is 3. The number of aromatic hydroxyl groups is 2. The molecule has 2 fully saturated rings. The van der Waals surface area contributed by atoms with Crippen molar-refractivity contribution in [1.29, 1.82) is 0 Å². The summed E-state index contributed by atoms with van der Waals surface area (Å²) in [5.41, 5.74) is 4.13. The van der Waals surface area contributed by atoms with Crippen LogP contribution in [0.1, 0.15) is 83.8 Å². The van der Waals surface area contributed by atoms with Crippen molar-refractivity contribution in [3.63, 3.8) is 0 Å². The van der Waals surface area contributed by atoms with E-state index in [0.717, 1.165) is 46.4 Å². The molecule has 4 aromatic carbocycles. The fourth-order valence-electron chi connectivity index (χ4n) is 12.6. The summed E-state index contributed by atoms with van der Waals surface area (Å²) in [6, 6.07) is 24.7. The summed E-state index contributed by atoms with van der Waals surface area (Å²) in [6.45, 7) is 1.89. The van der Waals surface area contributed by atoms with Gasteiger partial charge in [-0.3, -0.25) is 24.1 Å². The molecule has 4 heterocycles. The molecule has 4 atom stereocenters. The normalized spacial score (nSPS) is 21.5. The lowest BCUT2D eigenvalue weighted by Gasteiger charge is -2.63. The largest absolute Gasteiger partial charge is 0.508 e. The van der Waals surface area contributed by atoms with E-state index in [4.69, 9.17) is 9.15 Å². The van der Waals surface area contributed by atoms with Gasteiger partial charge < -0.3 is 50.1 Å². The number of carboxylic acid groups (broad SMARTS) is 1. The Kier molecular flexibility index (Phi) is 10.9. The molecule has 3 aliphatic heterocycles. The summed E-state index contributed by atoms with van der Waals surface area (Å²) in [7, 11) is 0. The summed E-state index contributed by atoms with van der Waals surface area (Å²) in [5, 5.41) is 54.7. The number of nitrogens with zero attached hydrogens (tertiary/aromatic N) is 2. The number of carboxylic acids is 1. The first-order chi connectivity index (χ1) is 34.8. The predicted octanol–water partition coefficient (Wildman–Crippen LogP) is 6.76. The Labute approximate surface area is 412 Å². The highest BCUT2D eigenvalue weighted by Gasteiger charge is 2.73. The Balaban J connectivity index is 0.661. The Hall–Kier alpha value is -7.69. The number of amides is 3. The highest BCUT2D eigenvalue weighted by atomic mass is 16.5. The second-order valence-corrected chi connectivity index (χ2v) is 20.3. The number of unbranched alkanes of at least 4 members (excludes halogenated alkanes) is 2. The van der Waals surface area contributed by atoms with Crippen LogP contribution in [0.15, 0.2) is 100 Å². The monoisotopic (exact) mass is 971 g/mol. The van der Waals surface area contributed by atoms with Gasteiger partial charge in [-0.15, -0.1) is 0 Å². The van der Waals surface area contributed by atoms with Crippen LogP contribution >= 0.6 is 0 Å². The van der Waals surface area contributed by atoms with E-state index in [0.29, 0.717) is 78.8 Å². The number of anilines is 1. The SMILES string of the molecule is O=C(CCCCCNC(=O)Cn1c2c(c3ccccc31)C[C@@]1(O)C3Cc4ccc(O)c5c4C1(CCN3CC1CC1)C2O5)NCC(=O)Nc1ccc(-c2c3ccc(=O)cc-3oc3cc(O)ccc23)c(C(=O)O)c1. The minimum Gasteiger partial charge on any atom is -0.508 e. The Morgan fingerprint density at radius 2 is 1.67 bits per heavy atom. The molecule has 16 nitrogen and oxygen atoms in total. The number of phenols is 2. The summed E-state index contributed by atoms with van der Waals surface area (Å²) in [5.74, 6) is -1.01. The van der Waals surface area contributed by atoms with Gasteiger partial charge in [0, 0.05) is 82.8 Å². The summed E-state index contributed by atoms with van der Waals surface area (Å²) >= 11 is 0. The van der Waals surface area contributed by atoms with Crippen LogP contribution in [0.3, 0.4) is 0 Å². The van der Waals surface area contributed by atoms with Crippen LogP contribution in [0.2, 0.25) is 0 Å². The van der Waals surface area contributed by atoms with Crippen molar-refractivity contribution in [2.24, 2.45) is 5.92 Å². The molecule has 2 bridgehead atoms. The van der Waals surface area contributed by atoms with Gasteiger partial charge in [0.25, 0.3) is 0 Å². The van der Waals surface area contributed by atoms with Crippen molar-refractivity contribution in [3.05, 3.63) is 129 Å². The molecule has 1 spiro atoms. The van der Waals surface area contributed by atoms with Crippen molar-refractivity contribution in [1.82, 2.24) is 20.1 Å². The Morgan fingerprint density at radius 1 is 0.833 bits per heavy atom. The molecular formula is C56H53N5O11. The summed E-state index contributed by atoms with van der Waals surface area (Å²) < 4.78 is 14.8. The number of piperidine rings is 1. The lowest BCUT2D eigenvalue weighted by atomic mass is 9.49. The molecule has 1 saturated heterocycles. The van der Waals surface area contributed by atoms with Gasteiger partial charge in [-0.05, 0) is 116 Å². The molecule has 3 unspecified atom stereocenters. The van der Waals surface area contributed by atoms with E-state index in [-0.39, 0.29) is 76.9 Å². The molecule has 1 saturated carbocycles. The zero-order valence-electron chi connectivity index (χ0n) is 39.3. The fourth-order valence-corrected chi connectivity index (χ4v) is 12.6. The number of carbonyl (C=O) groups is 4. The van der Waals surface area contributed by atoms with Crippen LogP contribution in [-0.2, 0) is 39.2 Å². The van der Waals surface area contributed by atoms with Crippen LogP contribution in [0.5, 0.6) is 17.2 Å². The number of aromatic carboxylic acids is 1. The first-order valence-electron chi connectivity index (χ1n) is 24.8. The first-order valence-corrected chi connectivity index (χ1v) is 24.8.